The van der Waals surface area contributed by atoms with Crippen LogP contribution in [0.4, 0.5) is 0 Å². The van der Waals surface area contributed by atoms with Crippen molar-refractivity contribution in [3.05, 3.63) is 0 Å². The molecule has 66 valence electrons. The van der Waals surface area contributed by atoms with E-state index in [0.717, 1.165) is 0 Å². The highest BCUT2D eigenvalue weighted by Gasteiger charge is 2.41. The van der Waals surface area contributed by atoms with E-state index in [9.17, 15) is 0 Å². The van der Waals surface area contributed by atoms with Gasteiger partial charge >= 0.3 is 0 Å². The Morgan fingerprint density at radius 3 is 1.91 bits per heavy atom. The normalized spacial score (nSPS) is 24.8. The lowest BCUT2D eigenvalue weighted by atomic mass is 9.72. The lowest BCUT2D eigenvalue weighted by molar-refractivity contribution is -0.138. The predicted octanol–water partition coefficient (Wildman–Crippen LogP) is 3.17. The minimum Gasteiger partial charge on any atom is -0.356 e. The molecular weight excluding hydrogens is 160 g/mol. The molecule has 0 aromatic carbocycles. The van der Waals surface area contributed by atoms with Crippen molar-refractivity contribution in [2.45, 2.75) is 51.2 Å². The van der Waals surface area contributed by atoms with E-state index in [1.165, 1.54) is 19.3 Å². The van der Waals surface area contributed by atoms with E-state index in [1.54, 1.807) is 0 Å². The maximum Gasteiger partial charge on any atom is 0.129 e. The van der Waals surface area contributed by atoms with Crippen molar-refractivity contribution in [3.63, 3.8) is 0 Å². The first-order valence-corrected chi connectivity index (χ1v) is 4.82. The molecule has 1 aliphatic carbocycles. The Labute approximate surface area is 74.1 Å². The zero-order valence-electron chi connectivity index (χ0n) is 7.56. The zero-order valence-corrected chi connectivity index (χ0v) is 8.32. The number of halogens is 1. The van der Waals surface area contributed by atoms with Gasteiger partial charge in [-0.25, -0.2) is 0 Å². The summed E-state index contributed by atoms with van der Waals surface area (Å²) < 4.78 is 5.70. The summed E-state index contributed by atoms with van der Waals surface area (Å²) in [5.74, 6) is 0.595. The summed E-state index contributed by atoms with van der Waals surface area (Å²) in [5, 5.41) is 0. The maximum absolute atomic E-state index is 5.80. The van der Waals surface area contributed by atoms with Gasteiger partial charge < -0.3 is 4.74 Å². The van der Waals surface area contributed by atoms with Crippen molar-refractivity contribution in [3.8, 4) is 0 Å². The van der Waals surface area contributed by atoms with Crippen LogP contribution in [0.25, 0.3) is 0 Å². The monoisotopic (exact) mass is 176 g/mol. The number of alkyl halides is 1. The summed E-state index contributed by atoms with van der Waals surface area (Å²) in [5.41, 5.74) is -0.0288. The average Bonchev–Trinajstić information content (AvgIpc) is 1.77. The minimum atomic E-state index is -0.141. The van der Waals surface area contributed by atoms with Gasteiger partial charge in [-0.1, -0.05) is 25.4 Å². The first kappa shape index (κ1) is 9.34. The molecule has 0 heterocycles. The van der Waals surface area contributed by atoms with E-state index >= 15 is 0 Å². The third kappa shape index (κ3) is 1.88. The van der Waals surface area contributed by atoms with Gasteiger partial charge in [0.15, 0.2) is 0 Å². The van der Waals surface area contributed by atoms with Gasteiger partial charge in [0, 0.05) is 0 Å². The fraction of sp³-hybridized carbons (Fsp3) is 1.00. The molecule has 1 fully saturated rings. The SMILES string of the molecule is CC(Cl)OC1(C(C)C)CCC1. The van der Waals surface area contributed by atoms with Crippen LogP contribution in [0.1, 0.15) is 40.0 Å². The van der Waals surface area contributed by atoms with Crippen molar-refractivity contribution < 1.29 is 4.74 Å². The number of rotatable bonds is 3. The van der Waals surface area contributed by atoms with Crippen LogP contribution in [0.3, 0.4) is 0 Å². The Kier molecular flexibility index (Phi) is 2.82. The van der Waals surface area contributed by atoms with Gasteiger partial charge in [-0.3, -0.25) is 0 Å². The van der Waals surface area contributed by atoms with Crippen molar-refractivity contribution in [1.29, 1.82) is 0 Å². The molecular formula is C9H17ClO. The van der Waals surface area contributed by atoms with Gasteiger partial charge in [0.1, 0.15) is 5.56 Å². The molecule has 11 heavy (non-hydrogen) atoms. The summed E-state index contributed by atoms with van der Waals surface area (Å²) in [6, 6.07) is 0. The van der Waals surface area contributed by atoms with Crippen LogP contribution >= 0.6 is 11.6 Å². The van der Waals surface area contributed by atoms with E-state index in [1.807, 2.05) is 6.92 Å². The molecule has 0 aromatic rings. The molecule has 1 nitrogen and oxygen atoms in total. The summed E-state index contributed by atoms with van der Waals surface area (Å²) >= 11 is 5.80. The number of hydrogen-bond donors (Lipinski definition) is 0. The van der Waals surface area contributed by atoms with Crippen molar-refractivity contribution in [2.24, 2.45) is 5.92 Å². The van der Waals surface area contributed by atoms with Crippen molar-refractivity contribution in [2.75, 3.05) is 0 Å². The molecule has 2 heteroatoms. The van der Waals surface area contributed by atoms with Gasteiger partial charge in [0.25, 0.3) is 0 Å². The van der Waals surface area contributed by atoms with Gasteiger partial charge in [-0.2, -0.15) is 0 Å². The lowest BCUT2D eigenvalue weighted by Gasteiger charge is -2.45. The van der Waals surface area contributed by atoms with E-state index in [4.69, 9.17) is 16.3 Å². The molecule has 1 saturated carbocycles. The molecule has 0 saturated heterocycles. The highest BCUT2D eigenvalue weighted by molar-refractivity contribution is 6.19. The fourth-order valence-electron chi connectivity index (χ4n) is 1.68. The van der Waals surface area contributed by atoms with E-state index < -0.39 is 0 Å². The van der Waals surface area contributed by atoms with Gasteiger partial charge in [-0.15, -0.1) is 0 Å². The van der Waals surface area contributed by atoms with Crippen molar-refractivity contribution >= 4 is 11.6 Å². The Hall–Kier alpha value is 0.250. The summed E-state index contributed by atoms with van der Waals surface area (Å²) in [6.07, 6.45) is 3.66. The predicted molar refractivity (Wildman–Crippen MR) is 47.8 cm³/mol. The number of ether oxygens (including phenoxy) is 1. The van der Waals surface area contributed by atoms with Crippen LogP contribution in [0.2, 0.25) is 0 Å². The van der Waals surface area contributed by atoms with Crippen LogP contribution in [0.5, 0.6) is 0 Å². The summed E-state index contributed by atoms with van der Waals surface area (Å²) in [6.45, 7) is 6.31. The smallest absolute Gasteiger partial charge is 0.129 e. The highest BCUT2D eigenvalue weighted by Crippen LogP contribution is 2.42. The molecule has 1 atom stereocenters. The highest BCUT2D eigenvalue weighted by atomic mass is 35.5. The van der Waals surface area contributed by atoms with Crippen LogP contribution in [-0.4, -0.2) is 11.2 Å². The van der Waals surface area contributed by atoms with Crippen LogP contribution in [0.15, 0.2) is 0 Å². The first-order chi connectivity index (χ1) is 5.07. The Balaban J connectivity index is 2.47. The molecule has 0 amide bonds. The van der Waals surface area contributed by atoms with Crippen LogP contribution in [0, 0.1) is 5.92 Å². The second kappa shape index (κ2) is 3.32. The first-order valence-electron chi connectivity index (χ1n) is 4.39. The molecule has 0 N–H and O–H groups in total. The van der Waals surface area contributed by atoms with Gasteiger partial charge in [0.2, 0.25) is 0 Å². The van der Waals surface area contributed by atoms with Crippen LogP contribution in [-0.2, 0) is 4.74 Å². The standard InChI is InChI=1S/C9H17ClO/c1-7(2)9(5-4-6-9)11-8(3)10/h7-8H,4-6H2,1-3H3. The second-order valence-electron chi connectivity index (χ2n) is 3.73. The Bertz CT molecular complexity index is 128. The van der Waals surface area contributed by atoms with Crippen molar-refractivity contribution in [1.82, 2.24) is 0 Å². The largest absolute Gasteiger partial charge is 0.356 e. The molecule has 0 bridgehead atoms. The molecule has 0 aliphatic heterocycles. The molecule has 0 aromatic heterocycles. The average molecular weight is 177 g/mol. The number of hydrogen-bond acceptors (Lipinski definition) is 1. The fourth-order valence-corrected chi connectivity index (χ4v) is 1.86. The molecule has 0 spiro atoms. The van der Waals surface area contributed by atoms with Gasteiger partial charge in [-0.05, 0) is 32.1 Å². The third-order valence-electron chi connectivity index (χ3n) is 2.65. The van der Waals surface area contributed by atoms with E-state index in [0.29, 0.717) is 5.92 Å². The molecule has 1 aliphatic rings. The summed E-state index contributed by atoms with van der Waals surface area (Å²) in [7, 11) is 0. The maximum atomic E-state index is 5.80. The second-order valence-corrected chi connectivity index (χ2v) is 4.35. The van der Waals surface area contributed by atoms with Crippen LogP contribution < -0.4 is 0 Å². The van der Waals surface area contributed by atoms with E-state index in [-0.39, 0.29) is 11.2 Å². The lowest BCUT2D eigenvalue weighted by Crippen LogP contribution is -2.46. The quantitative estimate of drug-likeness (QED) is 0.601. The molecule has 1 rings (SSSR count). The molecule has 0 radical (unpaired) electrons. The Morgan fingerprint density at radius 2 is 1.82 bits per heavy atom. The topological polar surface area (TPSA) is 9.23 Å². The Morgan fingerprint density at radius 1 is 1.27 bits per heavy atom. The summed E-state index contributed by atoms with van der Waals surface area (Å²) in [4.78, 5) is 0. The van der Waals surface area contributed by atoms with Gasteiger partial charge in [0.05, 0.1) is 5.60 Å². The third-order valence-corrected chi connectivity index (χ3v) is 2.74. The van der Waals surface area contributed by atoms with E-state index in [2.05, 4.69) is 13.8 Å². The zero-order chi connectivity index (χ0) is 8.48. The molecule has 1 unspecified atom stereocenters. The minimum absolute atomic E-state index is 0.112.